The fraction of sp³-hybridized carbons (Fsp3) is 0.0909. The van der Waals surface area contributed by atoms with Crippen molar-refractivity contribution in [3.05, 3.63) is 40.1 Å². The maximum atomic E-state index is 11.1. The van der Waals surface area contributed by atoms with E-state index in [4.69, 9.17) is 34.8 Å². The summed E-state index contributed by atoms with van der Waals surface area (Å²) in [7, 11) is 1.81. The van der Waals surface area contributed by atoms with Crippen LogP contribution in [0.4, 0.5) is 0 Å². The van der Waals surface area contributed by atoms with Gasteiger partial charge in [0.2, 0.25) is 0 Å². The summed E-state index contributed by atoms with van der Waals surface area (Å²) in [5, 5.41) is 3.84. The van der Waals surface area contributed by atoms with Crippen molar-refractivity contribution < 1.29 is 4.79 Å². The summed E-state index contributed by atoms with van der Waals surface area (Å²) in [6.07, 6.45) is 3.51. The van der Waals surface area contributed by atoms with Crippen LogP contribution in [0.5, 0.6) is 0 Å². The molecule has 6 heteroatoms. The van der Waals surface area contributed by atoms with E-state index in [1.165, 1.54) is 0 Å². The summed E-state index contributed by atoms with van der Waals surface area (Å²) in [5.74, 6) is 0. The van der Waals surface area contributed by atoms with Gasteiger partial charge in [0, 0.05) is 18.8 Å². The molecule has 2 rings (SSSR count). The van der Waals surface area contributed by atoms with Gasteiger partial charge in [0.1, 0.15) is 0 Å². The Morgan fingerprint density at radius 2 is 1.82 bits per heavy atom. The molecule has 17 heavy (non-hydrogen) atoms. The van der Waals surface area contributed by atoms with Gasteiger partial charge in [-0.1, -0.05) is 23.2 Å². The Balaban J connectivity index is 2.56. The molecule has 0 aliphatic carbocycles. The molecule has 0 unspecified atom stereocenters. The largest absolute Gasteiger partial charge is 0.275 e. The Morgan fingerprint density at radius 3 is 2.24 bits per heavy atom. The summed E-state index contributed by atoms with van der Waals surface area (Å²) < 4.78 is 1.66. The van der Waals surface area contributed by atoms with Gasteiger partial charge in [0.25, 0.3) is 5.24 Å². The molecule has 2 aromatic rings. The average Bonchev–Trinajstić information content (AvgIpc) is 2.63. The standard InChI is InChI=1S/C11H7Cl3N2O/c1-16-5-7(4-15-16)6-2-8(12)10(11(14)17)9(13)3-6/h2-5H,1H3. The average molecular weight is 290 g/mol. The number of aryl methyl sites for hydroxylation is 1. The summed E-state index contributed by atoms with van der Waals surface area (Å²) >= 11 is 17.3. The second-order valence-electron chi connectivity index (χ2n) is 3.49. The topological polar surface area (TPSA) is 34.9 Å². The Labute approximate surface area is 113 Å². The van der Waals surface area contributed by atoms with Gasteiger partial charge in [0.15, 0.2) is 0 Å². The lowest BCUT2D eigenvalue weighted by Gasteiger charge is -2.05. The molecule has 88 valence electrons. The monoisotopic (exact) mass is 288 g/mol. The molecule has 0 atom stereocenters. The molecule has 0 bridgehead atoms. The third kappa shape index (κ3) is 2.46. The van der Waals surface area contributed by atoms with Gasteiger partial charge < -0.3 is 0 Å². The van der Waals surface area contributed by atoms with Crippen LogP contribution in [0.15, 0.2) is 24.5 Å². The van der Waals surface area contributed by atoms with Crippen LogP contribution in [0.2, 0.25) is 10.0 Å². The Bertz CT molecular complexity index is 569. The number of carbonyl (C=O) groups excluding carboxylic acids is 1. The number of nitrogens with zero attached hydrogens (tertiary/aromatic N) is 2. The summed E-state index contributed by atoms with van der Waals surface area (Å²) in [4.78, 5) is 11.1. The van der Waals surface area contributed by atoms with Crippen LogP contribution in [-0.4, -0.2) is 15.0 Å². The Kier molecular flexibility index (Phi) is 3.43. The highest BCUT2D eigenvalue weighted by atomic mass is 35.5. The second kappa shape index (κ2) is 4.69. The lowest BCUT2D eigenvalue weighted by atomic mass is 10.1. The minimum Gasteiger partial charge on any atom is -0.275 e. The SMILES string of the molecule is Cn1cc(-c2cc(Cl)c(C(=O)Cl)c(Cl)c2)cn1. The van der Waals surface area contributed by atoms with Gasteiger partial charge in [-0.05, 0) is 29.3 Å². The van der Waals surface area contributed by atoms with Crippen molar-refractivity contribution >= 4 is 40.0 Å². The third-order valence-corrected chi connectivity index (χ3v) is 3.06. The molecular formula is C11H7Cl3N2O. The molecule has 0 aliphatic heterocycles. The maximum absolute atomic E-state index is 11.1. The minimum atomic E-state index is -0.669. The fourth-order valence-corrected chi connectivity index (χ4v) is 2.46. The number of hydrogen-bond donors (Lipinski definition) is 0. The van der Waals surface area contributed by atoms with Crippen LogP contribution >= 0.6 is 34.8 Å². The zero-order chi connectivity index (χ0) is 12.6. The summed E-state index contributed by atoms with van der Waals surface area (Å²) in [5.41, 5.74) is 1.78. The van der Waals surface area contributed by atoms with E-state index in [1.807, 2.05) is 13.2 Å². The molecule has 0 spiro atoms. The number of rotatable bonds is 2. The summed E-state index contributed by atoms with van der Waals surface area (Å²) in [6, 6.07) is 3.28. The lowest BCUT2D eigenvalue weighted by Crippen LogP contribution is -1.93. The van der Waals surface area contributed by atoms with Crippen molar-refractivity contribution in [2.75, 3.05) is 0 Å². The highest BCUT2D eigenvalue weighted by Crippen LogP contribution is 2.32. The molecule has 1 aromatic carbocycles. The molecule has 0 N–H and O–H groups in total. The Hall–Kier alpha value is -1.03. The van der Waals surface area contributed by atoms with E-state index >= 15 is 0 Å². The van der Waals surface area contributed by atoms with E-state index < -0.39 is 5.24 Å². The molecule has 0 radical (unpaired) electrons. The molecule has 1 aromatic heterocycles. The van der Waals surface area contributed by atoms with Crippen LogP contribution in [0.3, 0.4) is 0 Å². The van der Waals surface area contributed by atoms with Gasteiger partial charge in [-0.15, -0.1) is 0 Å². The molecule has 0 saturated heterocycles. The number of aromatic nitrogens is 2. The van der Waals surface area contributed by atoms with Crippen LogP contribution < -0.4 is 0 Å². The van der Waals surface area contributed by atoms with Crippen molar-refractivity contribution in [2.24, 2.45) is 7.05 Å². The molecule has 0 aliphatic rings. The highest BCUT2D eigenvalue weighted by molar-refractivity contribution is 6.70. The van der Waals surface area contributed by atoms with Gasteiger partial charge in [-0.25, -0.2) is 0 Å². The van der Waals surface area contributed by atoms with E-state index in [9.17, 15) is 4.79 Å². The van der Waals surface area contributed by atoms with Gasteiger partial charge in [0.05, 0.1) is 21.8 Å². The third-order valence-electron chi connectivity index (χ3n) is 2.28. The van der Waals surface area contributed by atoms with Crippen molar-refractivity contribution in [2.45, 2.75) is 0 Å². The zero-order valence-electron chi connectivity index (χ0n) is 8.75. The Morgan fingerprint density at radius 1 is 1.24 bits per heavy atom. The predicted molar refractivity (Wildman–Crippen MR) is 68.8 cm³/mol. The van der Waals surface area contributed by atoms with E-state index in [1.54, 1.807) is 23.0 Å². The van der Waals surface area contributed by atoms with Crippen molar-refractivity contribution in [3.63, 3.8) is 0 Å². The van der Waals surface area contributed by atoms with E-state index in [0.29, 0.717) is 0 Å². The highest BCUT2D eigenvalue weighted by Gasteiger charge is 2.15. The molecule has 0 fully saturated rings. The van der Waals surface area contributed by atoms with Gasteiger partial charge in [-0.3, -0.25) is 9.48 Å². The first kappa shape index (κ1) is 12.4. The normalized spacial score (nSPS) is 10.6. The van der Waals surface area contributed by atoms with Crippen molar-refractivity contribution in [3.8, 4) is 11.1 Å². The number of halogens is 3. The lowest BCUT2D eigenvalue weighted by molar-refractivity contribution is 0.108. The predicted octanol–water partition coefficient (Wildman–Crippen LogP) is 3.77. The van der Waals surface area contributed by atoms with Crippen molar-refractivity contribution in [1.29, 1.82) is 0 Å². The van der Waals surface area contributed by atoms with E-state index in [-0.39, 0.29) is 15.6 Å². The number of carbonyl (C=O) groups is 1. The van der Waals surface area contributed by atoms with Crippen LogP contribution in [0.25, 0.3) is 11.1 Å². The van der Waals surface area contributed by atoms with Crippen molar-refractivity contribution in [1.82, 2.24) is 9.78 Å². The van der Waals surface area contributed by atoms with E-state index in [0.717, 1.165) is 11.1 Å². The smallest absolute Gasteiger partial charge is 0.255 e. The quantitative estimate of drug-likeness (QED) is 0.789. The van der Waals surface area contributed by atoms with Crippen LogP contribution in [0, 0.1) is 0 Å². The number of benzene rings is 1. The first-order valence-corrected chi connectivity index (χ1v) is 5.80. The zero-order valence-corrected chi connectivity index (χ0v) is 11.0. The first-order valence-electron chi connectivity index (χ1n) is 4.67. The molecular weight excluding hydrogens is 282 g/mol. The minimum absolute atomic E-state index is 0.127. The van der Waals surface area contributed by atoms with Crippen LogP contribution in [0.1, 0.15) is 10.4 Å². The van der Waals surface area contributed by atoms with Gasteiger partial charge >= 0.3 is 0 Å². The van der Waals surface area contributed by atoms with E-state index in [2.05, 4.69) is 5.10 Å². The molecule has 1 heterocycles. The first-order chi connectivity index (χ1) is 7.99. The fourth-order valence-electron chi connectivity index (χ4n) is 1.50. The summed E-state index contributed by atoms with van der Waals surface area (Å²) in [6.45, 7) is 0. The maximum Gasteiger partial charge on any atom is 0.255 e. The van der Waals surface area contributed by atoms with Crippen LogP contribution in [-0.2, 0) is 7.05 Å². The second-order valence-corrected chi connectivity index (χ2v) is 4.65. The molecule has 3 nitrogen and oxygen atoms in total. The molecule has 0 amide bonds. The molecule has 0 saturated carbocycles. The van der Waals surface area contributed by atoms with Gasteiger partial charge in [-0.2, -0.15) is 5.10 Å². The number of hydrogen-bond acceptors (Lipinski definition) is 2.